The zero-order valence-corrected chi connectivity index (χ0v) is 25.4. The highest BCUT2D eigenvalue weighted by atomic mass is 32.2. The van der Waals surface area contributed by atoms with Gasteiger partial charge >= 0.3 is 0 Å². The van der Waals surface area contributed by atoms with E-state index in [2.05, 4.69) is 45.2 Å². The van der Waals surface area contributed by atoms with Gasteiger partial charge in [-0.05, 0) is 43.9 Å². The average molecular weight is 596 g/mol. The molecule has 4 aromatic heterocycles. The Bertz CT molecular complexity index is 1420. The molecule has 6 rings (SSSR count). The van der Waals surface area contributed by atoms with Crippen molar-refractivity contribution in [2.45, 2.75) is 19.8 Å². The van der Waals surface area contributed by atoms with Gasteiger partial charge in [0.05, 0.1) is 23.9 Å². The van der Waals surface area contributed by atoms with Gasteiger partial charge in [-0.2, -0.15) is 4.98 Å². The topological polar surface area (TPSA) is 116 Å². The predicted molar refractivity (Wildman–Crippen MR) is 168 cm³/mol. The van der Waals surface area contributed by atoms with Crippen molar-refractivity contribution in [3.8, 4) is 10.6 Å². The molecule has 0 aromatic carbocycles. The Kier molecular flexibility index (Phi) is 10.2. The van der Waals surface area contributed by atoms with E-state index in [0.29, 0.717) is 18.2 Å². The molecule has 6 heterocycles. The molecule has 0 amide bonds. The summed E-state index contributed by atoms with van der Waals surface area (Å²) in [6, 6.07) is 8.08. The number of β-amino-alcohol motifs (C(OH)–C–C–N with tert-alkyl or cyclic N) is 1. The molecule has 218 valence electrons. The fraction of sp³-hybridized carbons (Fsp3) is 0.464. The van der Waals surface area contributed by atoms with Gasteiger partial charge in [-0.3, -0.25) is 4.90 Å². The van der Waals surface area contributed by atoms with Crippen LogP contribution < -0.4 is 15.1 Å². The number of fused-ring (bicyclic) bond motifs is 1. The Hall–Kier alpha value is -3.10. The number of aliphatic hydroxyl groups excluding tert-OH is 1. The molecule has 0 unspecified atom stereocenters. The maximum atomic E-state index is 9.19. The van der Waals surface area contributed by atoms with Crippen LogP contribution in [-0.2, 0) is 4.18 Å². The van der Waals surface area contributed by atoms with E-state index in [1.165, 1.54) is 24.9 Å². The van der Waals surface area contributed by atoms with Crippen molar-refractivity contribution in [3.63, 3.8) is 0 Å². The fourth-order valence-electron chi connectivity index (χ4n) is 4.90. The lowest BCUT2D eigenvalue weighted by molar-refractivity contribution is 0.188. The van der Waals surface area contributed by atoms with Crippen molar-refractivity contribution in [2.24, 2.45) is 0 Å². The molecule has 41 heavy (non-hydrogen) atoms. The van der Waals surface area contributed by atoms with Crippen LogP contribution in [0.2, 0.25) is 0 Å². The van der Waals surface area contributed by atoms with E-state index in [1.807, 2.05) is 43.8 Å². The summed E-state index contributed by atoms with van der Waals surface area (Å²) in [5.74, 6) is 3.16. The summed E-state index contributed by atoms with van der Waals surface area (Å²) in [5, 5.41) is 13.5. The predicted octanol–water partition coefficient (Wildman–Crippen LogP) is 4.22. The van der Waals surface area contributed by atoms with Gasteiger partial charge in [0.15, 0.2) is 0 Å². The van der Waals surface area contributed by atoms with E-state index in [1.54, 1.807) is 18.4 Å². The second-order valence-corrected chi connectivity index (χ2v) is 11.6. The molecular formula is C28H37N9O2S2. The number of thiazole rings is 1. The Morgan fingerprint density at radius 1 is 0.976 bits per heavy atom. The van der Waals surface area contributed by atoms with Crippen molar-refractivity contribution in [1.82, 2.24) is 29.8 Å². The van der Waals surface area contributed by atoms with Crippen LogP contribution in [0.25, 0.3) is 20.8 Å². The van der Waals surface area contributed by atoms with E-state index in [-0.39, 0.29) is 6.61 Å². The lowest BCUT2D eigenvalue weighted by Gasteiger charge is -2.34. The SMILES string of the molecule is COSC.Cc1cc(Nc2cc3nc(-c4ccnc(N5CCCC5)c4)sc3cn2)nc(N2CCN(CCO)CC2)n1. The summed E-state index contributed by atoms with van der Waals surface area (Å²) in [5.41, 5.74) is 2.89. The maximum Gasteiger partial charge on any atom is 0.227 e. The molecule has 0 aliphatic carbocycles. The van der Waals surface area contributed by atoms with Crippen LogP contribution in [0.15, 0.2) is 36.7 Å². The lowest BCUT2D eigenvalue weighted by Crippen LogP contribution is -2.47. The number of rotatable bonds is 8. The van der Waals surface area contributed by atoms with Crippen LogP contribution in [0.4, 0.5) is 23.4 Å². The molecule has 0 radical (unpaired) electrons. The molecule has 4 aromatic rings. The van der Waals surface area contributed by atoms with Crippen LogP contribution in [0.1, 0.15) is 18.5 Å². The van der Waals surface area contributed by atoms with E-state index < -0.39 is 0 Å². The summed E-state index contributed by atoms with van der Waals surface area (Å²) in [6.45, 7) is 8.47. The highest BCUT2D eigenvalue weighted by molar-refractivity contribution is 7.93. The smallest absolute Gasteiger partial charge is 0.227 e. The van der Waals surface area contributed by atoms with Gasteiger partial charge in [0.25, 0.3) is 0 Å². The number of anilines is 4. The number of aromatic nitrogens is 5. The summed E-state index contributed by atoms with van der Waals surface area (Å²) < 4.78 is 5.50. The fourth-order valence-corrected chi connectivity index (χ4v) is 5.81. The minimum atomic E-state index is 0.190. The van der Waals surface area contributed by atoms with Crippen LogP contribution in [-0.4, -0.2) is 101 Å². The number of pyridine rings is 2. The molecule has 0 bridgehead atoms. The number of hydrogen-bond acceptors (Lipinski definition) is 13. The Morgan fingerprint density at radius 3 is 2.49 bits per heavy atom. The summed E-state index contributed by atoms with van der Waals surface area (Å²) >= 11 is 3.00. The quantitative estimate of drug-likeness (QED) is 0.284. The van der Waals surface area contributed by atoms with Crippen LogP contribution >= 0.6 is 23.4 Å². The van der Waals surface area contributed by atoms with Crippen LogP contribution in [0.5, 0.6) is 0 Å². The van der Waals surface area contributed by atoms with Crippen molar-refractivity contribution in [2.75, 3.05) is 80.9 Å². The zero-order chi connectivity index (χ0) is 28.6. The first-order valence-corrected chi connectivity index (χ1v) is 15.8. The third kappa shape index (κ3) is 7.60. The number of nitrogens with one attached hydrogen (secondary N) is 1. The molecule has 13 heteroatoms. The van der Waals surface area contributed by atoms with Gasteiger partial charge in [0, 0.05) is 87.9 Å². The van der Waals surface area contributed by atoms with Gasteiger partial charge in [0.1, 0.15) is 22.5 Å². The van der Waals surface area contributed by atoms with Gasteiger partial charge in [-0.25, -0.2) is 19.9 Å². The van der Waals surface area contributed by atoms with Gasteiger partial charge in [-0.15, -0.1) is 11.3 Å². The Balaban J connectivity index is 0.000000794. The van der Waals surface area contributed by atoms with E-state index in [0.717, 1.165) is 77.5 Å². The first-order chi connectivity index (χ1) is 20.1. The molecule has 2 aliphatic heterocycles. The van der Waals surface area contributed by atoms with Crippen molar-refractivity contribution < 1.29 is 9.29 Å². The Labute approximate surface area is 249 Å². The molecular weight excluding hydrogens is 559 g/mol. The maximum absolute atomic E-state index is 9.19. The number of piperazine rings is 1. The molecule has 11 nitrogen and oxygen atoms in total. The second-order valence-electron chi connectivity index (χ2n) is 9.86. The van der Waals surface area contributed by atoms with Gasteiger partial charge < -0.3 is 24.4 Å². The van der Waals surface area contributed by atoms with Crippen molar-refractivity contribution >= 4 is 57.0 Å². The molecule has 0 spiro atoms. The third-order valence-electron chi connectivity index (χ3n) is 7.03. The third-order valence-corrected chi connectivity index (χ3v) is 8.42. The first-order valence-electron chi connectivity index (χ1n) is 13.8. The largest absolute Gasteiger partial charge is 0.395 e. The summed E-state index contributed by atoms with van der Waals surface area (Å²) in [6.07, 6.45) is 8.07. The standard InChI is InChI=1S/C26H31N9OS.C2H6OS/c1-18-14-23(32-26(29-18)35-10-8-33(9-11-35)12-13-36)31-22-16-20-21(17-28-22)37-25(30-20)19-4-5-27-24(15-19)34-6-2-3-7-34;1-3-4-2/h4-5,14-17,36H,2-3,6-13H2,1H3,(H,28,29,31,32);1-2H3. The van der Waals surface area contributed by atoms with Crippen LogP contribution in [0.3, 0.4) is 0 Å². The number of nitrogens with zero attached hydrogens (tertiary/aromatic N) is 8. The summed E-state index contributed by atoms with van der Waals surface area (Å²) in [7, 11) is 1.64. The second kappa shape index (κ2) is 14.2. The van der Waals surface area contributed by atoms with E-state index >= 15 is 0 Å². The normalized spacial score (nSPS) is 15.7. The molecule has 2 aliphatic rings. The lowest BCUT2D eigenvalue weighted by atomic mass is 10.2. The monoisotopic (exact) mass is 595 g/mol. The Morgan fingerprint density at radius 2 is 1.76 bits per heavy atom. The molecule has 2 N–H and O–H groups in total. The number of hydrogen-bond donors (Lipinski definition) is 2. The minimum Gasteiger partial charge on any atom is -0.395 e. The highest BCUT2D eigenvalue weighted by Crippen LogP contribution is 2.33. The van der Waals surface area contributed by atoms with Crippen molar-refractivity contribution in [3.05, 3.63) is 42.4 Å². The first kappa shape index (κ1) is 29.4. The van der Waals surface area contributed by atoms with Crippen LogP contribution in [0, 0.1) is 6.92 Å². The average Bonchev–Trinajstić information content (AvgIpc) is 3.68. The minimum absolute atomic E-state index is 0.190. The van der Waals surface area contributed by atoms with Crippen molar-refractivity contribution in [1.29, 1.82) is 0 Å². The zero-order valence-electron chi connectivity index (χ0n) is 23.8. The summed E-state index contributed by atoms with van der Waals surface area (Å²) in [4.78, 5) is 30.3. The molecule has 2 saturated heterocycles. The number of aliphatic hydroxyl groups is 1. The molecule has 2 fully saturated rings. The number of aryl methyl sites for hydroxylation is 1. The molecule has 0 atom stereocenters. The van der Waals surface area contributed by atoms with E-state index in [9.17, 15) is 5.11 Å². The van der Waals surface area contributed by atoms with Gasteiger partial charge in [-0.1, -0.05) is 0 Å². The highest BCUT2D eigenvalue weighted by Gasteiger charge is 2.20. The van der Waals surface area contributed by atoms with E-state index in [4.69, 9.17) is 9.97 Å². The molecule has 0 saturated carbocycles. The van der Waals surface area contributed by atoms with Gasteiger partial charge in [0.2, 0.25) is 5.95 Å².